The van der Waals surface area contributed by atoms with E-state index in [-0.39, 0.29) is 36.0 Å². The van der Waals surface area contributed by atoms with Crippen molar-refractivity contribution < 1.29 is 13.3 Å². The molecule has 2 fully saturated rings. The predicted octanol–water partition coefficient (Wildman–Crippen LogP) is 2.05. The fourth-order valence-corrected chi connectivity index (χ4v) is 3.93. The number of nitrogens with zero attached hydrogens (tertiary/aromatic N) is 4. The van der Waals surface area contributed by atoms with Crippen molar-refractivity contribution in [1.29, 1.82) is 0 Å². The second kappa shape index (κ2) is 5.95. The summed E-state index contributed by atoms with van der Waals surface area (Å²) in [6.45, 7) is 1.79. The molecule has 0 amide bonds. The second-order valence-electron chi connectivity index (χ2n) is 7.32. The van der Waals surface area contributed by atoms with Gasteiger partial charge in [-0.05, 0) is 25.9 Å². The van der Waals surface area contributed by atoms with E-state index in [0.717, 1.165) is 31.6 Å². The molecule has 27 heavy (non-hydrogen) atoms. The van der Waals surface area contributed by atoms with Crippen molar-refractivity contribution >= 4 is 5.65 Å². The Morgan fingerprint density at radius 1 is 1.22 bits per heavy atom. The first-order valence-electron chi connectivity index (χ1n) is 9.04. The molecule has 3 aromatic heterocycles. The third-order valence-electron chi connectivity index (χ3n) is 5.41. The summed E-state index contributed by atoms with van der Waals surface area (Å²) >= 11 is 0. The summed E-state index contributed by atoms with van der Waals surface area (Å²) in [5.41, 5.74) is 1.63. The van der Waals surface area contributed by atoms with Gasteiger partial charge in [-0.1, -0.05) is 5.16 Å². The Morgan fingerprint density at radius 2 is 2.00 bits per heavy atom. The number of nitrogens with one attached hydrogen (secondary N) is 2. The highest BCUT2D eigenvalue weighted by molar-refractivity contribution is 5.71. The number of H-pyrrole nitrogens is 1. The molecule has 3 aromatic rings. The number of piperidine rings is 1. The van der Waals surface area contributed by atoms with E-state index < -0.39 is 11.8 Å². The SMILES string of the molecule is O=c1cc(C2CCNCC2)n2ncc(-c3noc(C4CC(F)(F)C4)n3)c2[nH]1. The lowest BCUT2D eigenvalue weighted by Crippen LogP contribution is -2.33. The number of halogens is 2. The molecule has 0 unspecified atom stereocenters. The predicted molar refractivity (Wildman–Crippen MR) is 90.9 cm³/mol. The van der Waals surface area contributed by atoms with Crippen LogP contribution in [0, 0.1) is 0 Å². The quantitative estimate of drug-likeness (QED) is 0.726. The maximum Gasteiger partial charge on any atom is 0.251 e. The van der Waals surface area contributed by atoms with Gasteiger partial charge in [0.2, 0.25) is 17.6 Å². The molecule has 10 heteroatoms. The van der Waals surface area contributed by atoms with Crippen LogP contribution in [0.25, 0.3) is 17.0 Å². The van der Waals surface area contributed by atoms with E-state index in [2.05, 4.69) is 25.5 Å². The Kier molecular flexibility index (Phi) is 3.64. The minimum absolute atomic E-state index is 0.201. The fourth-order valence-electron chi connectivity index (χ4n) is 3.93. The van der Waals surface area contributed by atoms with Crippen molar-refractivity contribution in [3.05, 3.63) is 34.2 Å². The molecular formula is C17H18F2N6O2. The van der Waals surface area contributed by atoms with E-state index >= 15 is 0 Å². The fraction of sp³-hybridized carbons (Fsp3) is 0.529. The van der Waals surface area contributed by atoms with Crippen LogP contribution in [0.3, 0.4) is 0 Å². The van der Waals surface area contributed by atoms with Crippen molar-refractivity contribution in [3.63, 3.8) is 0 Å². The second-order valence-corrected chi connectivity index (χ2v) is 7.32. The van der Waals surface area contributed by atoms with Gasteiger partial charge >= 0.3 is 0 Å². The Balaban J connectivity index is 1.52. The lowest BCUT2D eigenvalue weighted by atomic mass is 9.81. The average molecular weight is 376 g/mol. The summed E-state index contributed by atoms with van der Waals surface area (Å²) in [6, 6.07) is 1.58. The van der Waals surface area contributed by atoms with Gasteiger partial charge in [0.15, 0.2) is 0 Å². The topological polar surface area (TPSA) is 101 Å². The monoisotopic (exact) mass is 376 g/mol. The zero-order valence-corrected chi connectivity index (χ0v) is 14.4. The van der Waals surface area contributed by atoms with Crippen LogP contribution in [-0.2, 0) is 0 Å². The molecular weight excluding hydrogens is 358 g/mol. The maximum atomic E-state index is 13.1. The molecule has 0 bridgehead atoms. The van der Waals surface area contributed by atoms with Crippen LogP contribution < -0.4 is 10.9 Å². The van der Waals surface area contributed by atoms with E-state index in [0.29, 0.717) is 11.2 Å². The van der Waals surface area contributed by atoms with Crippen LogP contribution in [0.15, 0.2) is 21.6 Å². The van der Waals surface area contributed by atoms with Crippen LogP contribution in [0.1, 0.15) is 49.1 Å². The lowest BCUT2D eigenvalue weighted by Gasteiger charge is -2.31. The molecule has 1 aliphatic heterocycles. The van der Waals surface area contributed by atoms with Crippen molar-refractivity contribution in [2.45, 2.75) is 43.4 Å². The normalized spacial score (nSPS) is 20.8. The van der Waals surface area contributed by atoms with Gasteiger partial charge in [0, 0.05) is 30.7 Å². The largest absolute Gasteiger partial charge is 0.339 e. The van der Waals surface area contributed by atoms with Gasteiger partial charge in [0.1, 0.15) is 5.65 Å². The number of hydrogen-bond donors (Lipinski definition) is 2. The Bertz CT molecular complexity index is 1040. The third-order valence-corrected chi connectivity index (χ3v) is 5.41. The van der Waals surface area contributed by atoms with E-state index in [4.69, 9.17) is 4.52 Å². The Hall–Kier alpha value is -2.62. The molecule has 0 radical (unpaired) electrons. The average Bonchev–Trinajstić information content (AvgIpc) is 3.26. The first kappa shape index (κ1) is 16.5. The van der Waals surface area contributed by atoms with E-state index in [1.807, 2.05) is 0 Å². The first-order valence-corrected chi connectivity index (χ1v) is 9.04. The molecule has 1 saturated heterocycles. The van der Waals surface area contributed by atoms with E-state index in [1.54, 1.807) is 16.8 Å². The molecule has 1 aliphatic carbocycles. The van der Waals surface area contributed by atoms with Crippen LogP contribution in [-0.4, -0.2) is 43.8 Å². The van der Waals surface area contributed by atoms with Crippen LogP contribution in [0.4, 0.5) is 8.78 Å². The van der Waals surface area contributed by atoms with Gasteiger partial charge in [0.25, 0.3) is 5.56 Å². The van der Waals surface area contributed by atoms with Crippen LogP contribution in [0.2, 0.25) is 0 Å². The first-order chi connectivity index (χ1) is 13.0. The molecule has 0 aromatic carbocycles. The van der Waals surface area contributed by atoms with Gasteiger partial charge in [-0.2, -0.15) is 10.1 Å². The van der Waals surface area contributed by atoms with E-state index in [9.17, 15) is 13.6 Å². The molecule has 142 valence electrons. The van der Waals surface area contributed by atoms with Crippen molar-refractivity contribution in [2.75, 3.05) is 13.1 Å². The van der Waals surface area contributed by atoms with Gasteiger partial charge < -0.3 is 14.8 Å². The van der Waals surface area contributed by atoms with Crippen molar-refractivity contribution in [1.82, 2.24) is 30.1 Å². The number of aromatic amines is 1. The molecule has 0 atom stereocenters. The third kappa shape index (κ3) is 2.84. The molecule has 4 heterocycles. The minimum atomic E-state index is -2.65. The number of fused-ring (bicyclic) bond motifs is 1. The number of rotatable bonds is 3. The van der Waals surface area contributed by atoms with E-state index in [1.165, 1.54) is 0 Å². The maximum absolute atomic E-state index is 13.1. The summed E-state index contributed by atoms with van der Waals surface area (Å²) in [4.78, 5) is 19.3. The molecule has 1 saturated carbocycles. The van der Waals surface area contributed by atoms with Gasteiger partial charge in [-0.15, -0.1) is 0 Å². The lowest BCUT2D eigenvalue weighted by molar-refractivity contribution is -0.0925. The molecule has 5 rings (SSSR count). The zero-order chi connectivity index (χ0) is 18.6. The van der Waals surface area contributed by atoms with Crippen LogP contribution >= 0.6 is 0 Å². The number of hydrogen-bond acceptors (Lipinski definition) is 6. The highest BCUT2D eigenvalue weighted by Crippen LogP contribution is 2.48. The molecule has 8 nitrogen and oxygen atoms in total. The smallest absolute Gasteiger partial charge is 0.251 e. The number of alkyl halides is 2. The highest BCUT2D eigenvalue weighted by atomic mass is 19.3. The van der Waals surface area contributed by atoms with Crippen molar-refractivity contribution in [2.24, 2.45) is 0 Å². The van der Waals surface area contributed by atoms with Crippen LogP contribution in [0.5, 0.6) is 0 Å². The van der Waals surface area contributed by atoms with Gasteiger partial charge in [-0.3, -0.25) is 4.79 Å². The molecule has 2 aliphatic rings. The number of aromatic nitrogens is 5. The standard InChI is InChI=1S/C17H18F2N6O2/c18-17(19)6-10(7-17)16-23-14(24-27-16)11-8-21-25-12(5-13(26)22-15(11)25)9-1-3-20-4-2-9/h5,8-10,20H,1-4,6-7H2,(H,22,26). The summed E-state index contributed by atoms with van der Waals surface area (Å²) in [7, 11) is 0. The van der Waals surface area contributed by atoms with Gasteiger partial charge in [-0.25, -0.2) is 13.3 Å². The van der Waals surface area contributed by atoms with Gasteiger partial charge in [0.05, 0.1) is 17.5 Å². The Morgan fingerprint density at radius 3 is 2.74 bits per heavy atom. The minimum Gasteiger partial charge on any atom is -0.339 e. The molecule has 2 N–H and O–H groups in total. The summed E-state index contributed by atoms with van der Waals surface area (Å²) in [5.74, 6) is -2.40. The Labute approximate surface area is 152 Å². The molecule has 0 spiro atoms. The summed E-state index contributed by atoms with van der Waals surface area (Å²) in [6.07, 6.45) is 2.87. The summed E-state index contributed by atoms with van der Waals surface area (Å²) in [5, 5.41) is 11.6. The zero-order valence-electron chi connectivity index (χ0n) is 14.4. The van der Waals surface area contributed by atoms with Crippen molar-refractivity contribution in [3.8, 4) is 11.4 Å². The summed E-state index contributed by atoms with van der Waals surface area (Å²) < 4.78 is 33.0. The highest BCUT2D eigenvalue weighted by Gasteiger charge is 2.48.